The van der Waals surface area contributed by atoms with E-state index >= 15 is 0 Å². The molecule has 1 heterocycles. The number of nitrogens with one attached hydrogen (secondary N) is 1. The molecule has 18 heavy (non-hydrogen) atoms. The molecular formula is C14H19N3S. The average molecular weight is 261 g/mol. The summed E-state index contributed by atoms with van der Waals surface area (Å²) in [6.45, 7) is 1.77. The van der Waals surface area contributed by atoms with Gasteiger partial charge in [-0.05, 0) is 21.1 Å². The first-order valence-electron chi connectivity index (χ1n) is 6.04. The standard InChI is InChI=1S/C14H19N3S/c1-15-9-12-14(11-7-5-4-6-8-11)16-13(18-12)10-17(2)3/h4-8,15H,9-10H2,1-3H3. The molecule has 2 rings (SSSR count). The minimum absolute atomic E-state index is 0.870. The van der Waals surface area contributed by atoms with Crippen LogP contribution in [0.3, 0.4) is 0 Å². The Bertz CT molecular complexity index is 491. The van der Waals surface area contributed by atoms with E-state index in [0.717, 1.165) is 18.8 Å². The van der Waals surface area contributed by atoms with Crippen LogP contribution in [0.5, 0.6) is 0 Å². The maximum absolute atomic E-state index is 4.78. The van der Waals surface area contributed by atoms with E-state index in [9.17, 15) is 0 Å². The molecule has 96 valence electrons. The van der Waals surface area contributed by atoms with Gasteiger partial charge in [0.2, 0.25) is 0 Å². The molecule has 0 aliphatic rings. The second kappa shape index (κ2) is 6.09. The molecule has 0 radical (unpaired) electrons. The molecule has 1 aromatic carbocycles. The van der Waals surface area contributed by atoms with E-state index in [1.807, 2.05) is 13.1 Å². The molecule has 0 unspecified atom stereocenters. The van der Waals surface area contributed by atoms with E-state index in [-0.39, 0.29) is 0 Å². The zero-order valence-corrected chi connectivity index (χ0v) is 11.9. The fourth-order valence-corrected chi connectivity index (χ4v) is 3.06. The molecule has 0 saturated carbocycles. The van der Waals surface area contributed by atoms with Gasteiger partial charge in [-0.15, -0.1) is 11.3 Å². The van der Waals surface area contributed by atoms with Crippen LogP contribution in [0.4, 0.5) is 0 Å². The van der Waals surface area contributed by atoms with Crippen LogP contribution < -0.4 is 5.32 Å². The highest BCUT2D eigenvalue weighted by Gasteiger charge is 2.12. The number of hydrogen-bond acceptors (Lipinski definition) is 4. The average Bonchev–Trinajstić information content (AvgIpc) is 2.73. The summed E-state index contributed by atoms with van der Waals surface area (Å²) in [6, 6.07) is 10.4. The van der Waals surface area contributed by atoms with Gasteiger partial charge >= 0.3 is 0 Å². The fourth-order valence-electron chi connectivity index (χ4n) is 1.84. The summed E-state index contributed by atoms with van der Waals surface area (Å²) in [6.07, 6.45) is 0. The van der Waals surface area contributed by atoms with Crippen LogP contribution in [0, 0.1) is 0 Å². The lowest BCUT2D eigenvalue weighted by Crippen LogP contribution is -2.10. The molecule has 1 N–H and O–H groups in total. The van der Waals surface area contributed by atoms with Crippen molar-refractivity contribution in [2.24, 2.45) is 0 Å². The molecule has 4 heteroatoms. The van der Waals surface area contributed by atoms with Gasteiger partial charge in [0.1, 0.15) is 5.01 Å². The van der Waals surface area contributed by atoms with Crippen molar-refractivity contribution in [1.82, 2.24) is 15.2 Å². The molecular weight excluding hydrogens is 242 g/mol. The Morgan fingerprint density at radius 1 is 1.22 bits per heavy atom. The number of benzene rings is 1. The minimum Gasteiger partial charge on any atom is -0.315 e. The Kier molecular flexibility index (Phi) is 4.47. The van der Waals surface area contributed by atoms with Crippen molar-refractivity contribution >= 4 is 11.3 Å². The van der Waals surface area contributed by atoms with Gasteiger partial charge in [-0.2, -0.15) is 0 Å². The Morgan fingerprint density at radius 3 is 2.56 bits per heavy atom. The van der Waals surface area contributed by atoms with Crippen LogP contribution >= 0.6 is 11.3 Å². The third kappa shape index (κ3) is 3.16. The highest BCUT2D eigenvalue weighted by molar-refractivity contribution is 7.12. The summed E-state index contributed by atoms with van der Waals surface area (Å²) < 4.78 is 0. The number of hydrogen-bond donors (Lipinski definition) is 1. The van der Waals surface area contributed by atoms with Gasteiger partial charge < -0.3 is 10.2 Å². The van der Waals surface area contributed by atoms with Gasteiger partial charge in [0, 0.05) is 23.5 Å². The van der Waals surface area contributed by atoms with Crippen LogP contribution in [0.1, 0.15) is 9.88 Å². The highest BCUT2D eigenvalue weighted by atomic mass is 32.1. The number of aromatic nitrogens is 1. The molecule has 0 fully saturated rings. The summed E-state index contributed by atoms with van der Waals surface area (Å²) in [5.74, 6) is 0. The van der Waals surface area contributed by atoms with E-state index in [2.05, 4.69) is 48.6 Å². The van der Waals surface area contributed by atoms with Crippen molar-refractivity contribution in [2.45, 2.75) is 13.1 Å². The van der Waals surface area contributed by atoms with E-state index in [1.54, 1.807) is 11.3 Å². The smallest absolute Gasteiger partial charge is 0.108 e. The van der Waals surface area contributed by atoms with Gasteiger partial charge in [0.15, 0.2) is 0 Å². The van der Waals surface area contributed by atoms with Crippen LogP contribution in [-0.4, -0.2) is 31.0 Å². The lowest BCUT2D eigenvalue weighted by molar-refractivity contribution is 0.402. The lowest BCUT2D eigenvalue weighted by atomic mass is 10.1. The van der Waals surface area contributed by atoms with E-state index in [0.29, 0.717) is 0 Å². The lowest BCUT2D eigenvalue weighted by Gasteiger charge is -2.04. The molecule has 0 aliphatic heterocycles. The zero-order chi connectivity index (χ0) is 13.0. The van der Waals surface area contributed by atoms with Crippen LogP contribution in [0.25, 0.3) is 11.3 Å². The largest absolute Gasteiger partial charge is 0.315 e. The summed E-state index contributed by atoms with van der Waals surface area (Å²) in [5.41, 5.74) is 2.32. The topological polar surface area (TPSA) is 28.2 Å². The third-order valence-corrected chi connectivity index (χ3v) is 3.62. The van der Waals surface area contributed by atoms with Gasteiger partial charge in [-0.25, -0.2) is 4.98 Å². The molecule has 0 aliphatic carbocycles. The van der Waals surface area contributed by atoms with Gasteiger partial charge in [0.05, 0.1) is 5.69 Å². The van der Waals surface area contributed by atoms with Crippen LogP contribution in [-0.2, 0) is 13.1 Å². The fraction of sp³-hybridized carbons (Fsp3) is 0.357. The van der Waals surface area contributed by atoms with Crippen molar-refractivity contribution < 1.29 is 0 Å². The van der Waals surface area contributed by atoms with Crippen molar-refractivity contribution in [2.75, 3.05) is 21.1 Å². The highest BCUT2D eigenvalue weighted by Crippen LogP contribution is 2.28. The van der Waals surface area contributed by atoms with Crippen molar-refractivity contribution in [3.63, 3.8) is 0 Å². The summed E-state index contributed by atoms with van der Waals surface area (Å²) in [7, 11) is 6.11. The molecule has 0 bridgehead atoms. The molecule has 0 amide bonds. The van der Waals surface area contributed by atoms with Gasteiger partial charge in [0.25, 0.3) is 0 Å². The van der Waals surface area contributed by atoms with E-state index in [4.69, 9.17) is 4.98 Å². The minimum atomic E-state index is 0.870. The monoisotopic (exact) mass is 261 g/mol. The Balaban J connectivity index is 2.35. The van der Waals surface area contributed by atoms with Crippen LogP contribution in [0.15, 0.2) is 30.3 Å². The quantitative estimate of drug-likeness (QED) is 0.896. The molecule has 3 nitrogen and oxygen atoms in total. The SMILES string of the molecule is CNCc1sc(CN(C)C)nc1-c1ccccc1. The molecule has 1 aromatic heterocycles. The molecule has 2 aromatic rings. The Morgan fingerprint density at radius 2 is 1.94 bits per heavy atom. The van der Waals surface area contributed by atoms with E-state index < -0.39 is 0 Å². The summed E-state index contributed by atoms with van der Waals surface area (Å²) in [5, 5.41) is 4.39. The Labute approximate surface area is 112 Å². The van der Waals surface area contributed by atoms with Gasteiger partial charge in [-0.1, -0.05) is 30.3 Å². The van der Waals surface area contributed by atoms with Crippen molar-refractivity contribution in [3.05, 3.63) is 40.2 Å². The number of nitrogens with zero attached hydrogens (tertiary/aromatic N) is 2. The van der Waals surface area contributed by atoms with Crippen molar-refractivity contribution in [1.29, 1.82) is 0 Å². The first-order chi connectivity index (χ1) is 8.70. The second-order valence-electron chi connectivity index (χ2n) is 4.51. The Hall–Kier alpha value is -1.23. The summed E-state index contributed by atoms with van der Waals surface area (Å²) in [4.78, 5) is 8.23. The number of rotatable bonds is 5. The molecule has 0 atom stereocenters. The van der Waals surface area contributed by atoms with E-state index in [1.165, 1.54) is 15.4 Å². The van der Waals surface area contributed by atoms with Crippen molar-refractivity contribution in [3.8, 4) is 11.3 Å². The predicted octanol–water partition coefficient (Wildman–Crippen LogP) is 2.59. The van der Waals surface area contributed by atoms with Gasteiger partial charge in [-0.3, -0.25) is 0 Å². The zero-order valence-electron chi connectivity index (χ0n) is 11.1. The van der Waals surface area contributed by atoms with Crippen LogP contribution in [0.2, 0.25) is 0 Å². The predicted molar refractivity (Wildman–Crippen MR) is 77.7 cm³/mol. The first-order valence-corrected chi connectivity index (χ1v) is 6.85. The summed E-state index contributed by atoms with van der Waals surface area (Å²) >= 11 is 1.79. The third-order valence-electron chi connectivity index (χ3n) is 2.58. The maximum Gasteiger partial charge on any atom is 0.108 e. The number of thiazole rings is 1. The molecule has 0 saturated heterocycles. The second-order valence-corrected chi connectivity index (χ2v) is 5.68. The maximum atomic E-state index is 4.78. The molecule has 0 spiro atoms. The normalized spacial score (nSPS) is 11.1. The first kappa shape index (κ1) is 13.2.